The zero-order chi connectivity index (χ0) is 17.3. The summed E-state index contributed by atoms with van der Waals surface area (Å²) >= 11 is 0. The molecule has 2 aromatic carbocycles. The largest absolute Gasteiger partial charge is 0.454 e. The SMILES string of the molecule is CC(O)(CNC(=O)c1ccc(F)cc1F)c1ccc2c(c1)OCO2. The van der Waals surface area contributed by atoms with Crippen molar-refractivity contribution < 1.29 is 28.2 Å². The number of aliphatic hydroxyl groups is 1. The van der Waals surface area contributed by atoms with Gasteiger partial charge in [-0.15, -0.1) is 0 Å². The Morgan fingerprint density at radius 2 is 1.96 bits per heavy atom. The number of fused-ring (bicyclic) bond motifs is 1. The molecule has 3 rings (SSSR count). The first kappa shape index (κ1) is 16.2. The van der Waals surface area contributed by atoms with Gasteiger partial charge in [0.25, 0.3) is 5.91 Å². The average molecular weight is 335 g/mol. The van der Waals surface area contributed by atoms with Crippen LogP contribution in [0.15, 0.2) is 36.4 Å². The Morgan fingerprint density at radius 1 is 1.21 bits per heavy atom. The average Bonchev–Trinajstić information content (AvgIpc) is 3.00. The van der Waals surface area contributed by atoms with Crippen LogP contribution in [0.3, 0.4) is 0 Å². The maximum Gasteiger partial charge on any atom is 0.254 e. The van der Waals surface area contributed by atoms with E-state index in [2.05, 4.69) is 5.32 Å². The summed E-state index contributed by atoms with van der Waals surface area (Å²) in [7, 11) is 0. The van der Waals surface area contributed by atoms with Crippen molar-refractivity contribution >= 4 is 5.91 Å². The van der Waals surface area contributed by atoms with Crippen LogP contribution in [0.25, 0.3) is 0 Å². The van der Waals surface area contributed by atoms with E-state index in [1.54, 1.807) is 18.2 Å². The number of rotatable bonds is 4. The maximum atomic E-state index is 13.6. The highest BCUT2D eigenvalue weighted by atomic mass is 19.1. The number of benzene rings is 2. The first-order valence-electron chi connectivity index (χ1n) is 7.22. The number of halogens is 2. The molecule has 0 radical (unpaired) electrons. The summed E-state index contributed by atoms with van der Waals surface area (Å²) in [6.45, 7) is 1.45. The van der Waals surface area contributed by atoms with Crippen LogP contribution >= 0.6 is 0 Å². The third-order valence-electron chi connectivity index (χ3n) is 3.76. The molecular formula is C17H15F2NO4. The second kappa shape index (κ2) is 6.09. The van der Waals surface area contributed by atoms with Crippen molar-refractivity contribution in [1.29, 1.82) is 0 Å². The van der Waals surface area contributed by atoms with Crippen LogP contribution in [0.2, 0.25) is 0 Å². The normalized spacial score (nSPS) is 15.0. The summed E-state index contributed by atoms with van der Waals surface area (Å²) < 4.78 is 36.9. The molecule has 1 heterocycles. The molecule has 7 heteroatoms. The first-order chi connectivity index (χ1) is 11.4. The second-order valence-corrected chi connectivity index (χ2v) is 5.65. The van der Waals surface area contributed by atoms with Crippen LogP contribution in [-0.4, -0.2) is 24.4 Å². The lowest BCUT2D eigenvalue weighted by Gasteiger charge is -2.24. The zero-order valence-electron chi connectivity index (χ0n) is 12.8. The molecule has 1 aliphatic rings. The Labute approximate surface area is 136 Å². The number of carbonyl (C=O) groups is 1. The third kappa shape index (κ3) is 3.16. The van der Waals surface area contributed by atoms with Crippen molar-refractivity contribution in [3.8, 4) is 11.5 Å². The number of ether oxygens (including phenoxy) is 2. The Balaban J connectivity index is 1.71. The van der Waals surface area contributed by atoms with Crippen LogP contribution in [-0.2, 0) is 5.60 Å². The van der Waals surface area contributed by atoms with E-state index in [1.165, 1.54) is 6.92 Å². The Hall–Kier alpha value is -2.67. The van der Waals surface area contributed by atoms with E-state index in [1.807, 2.05) is 0 Å². The smallest absolute Gasteiger partial charge is 0.254 e. The van der Waals surface area contributed by atoms with Gasteiger partial charge in [-0.05, 0) is 36.8 Å². The molecule has 0 spiro atoms. The minimum absolute atomic E-state index is 0.113. The van der Waals surface area contributed by atoms with Crippen LogP contribution in [0, 0.1) is 11.6 Å². The quantitative estimate of drug-likeness (QED) is 0.900. The van der Waals surface area contributed by atoms with Gasteiger partial charge in [-0.3, -0.25) is 4.79 Å². The lowest BCUT2D eigenvalue weighted by atomic mass is 9.95. The lowest BCUT2D eigenvalue weighted by Crippen LogP contribution is -2.38. The summed E-state index contributed by atoms with van der Waals surface area (Å²) in [5.74, 6) is -1.39. The number of hydrogen-bond acceptors (Lipinski definition) is 4. The minimum Gasteiger partial charge on any atom is -0.454 e. The molecule has 5 nitrogen and oxygen atoms in total. The van der Waals surface area contributed by atoms with Gasteiger partial charge < -0.3 is 19.9 Å². The van der Waals surface area contributed by atoms with E-state index in [0.29, 0.717) is 23.1 Å². The molecule has 0 aliphatic carbocycles. The molecule has 2 N–H and O–H groups in total. The van der Waals surface area contributed by atoms with Gasteiger partial charge in [0.2, 0.25) is 6.79 Å². The lowest BCUT2D eigenvalue weighted by molar-refractivity contribution is 0.0523. The number of hydrogen-bond donors (Lipinski definition) is 2. The molecule has 2 aromatic rings. The molecule has 24 heavy (non-hydrogen) atoms. The van der Waals surface area contributed by atoms with Gasteiger partial charge in [0.1, 0.15) is 17.2 Å². The fourth-order valence-corrected chi connectivity index (χ4v) is 2.35. The fraction of sp³-hybridized carbons (Fsp3) is 0.235. The molecular weight excluding hydrogens is 320 g/mol. The predicted octanol–water partition coefficient (Wildman–Crippen LogP) is 2.33. The van der Waals surface area contributed by atoms with Crippen LogP contribution in [0.4, 0.5) is 8.78 Å². The van der Waals surface area contributed by atoms with Crippen LogP contribution in [0.5, 0.6) is 11.5 Å². The highest BCUT2D eigenvalue weighted by Crippen LogP contribution is 2.35. The fourth-order valence-electron chi connectivity index (χ4n) is 2.35. The summed E-state index contributed by atoms with van der Waals surface area (Å²) in [5.41, 5.74) is -1.20. The highest BCUT2D eigenvalue weighted by Gasteiger charge is 2.27. The van der Waals surface area contributed by atoms with Crippen molar-refractivity contribution in [2.24, 2.45) is 0 Å². The van der Waals surface area contributed by atoms with Crippen molar-refractivity contribution in [1.82, 2.24) is 5.32 Å². The second-order valence-electron chi connectivity index (χ2n) is 5.65. The van der Waals surface area contributed by atoms with E-state index in [9.17, 15) is 18.7 Å². The van der Waals surface area contributed by atoms with E-state index in [0.717, 1.165) is 12.1 Å². The molecule has 0 fully saturated rings. The predicted molar refractivity (Wildman–Crippen MR) is 80.8 cm³/mol. The molecule has 126 valence electrons. The molecule has 0 bridgehead atoms. The van der Waals surface area contributed by atoms with Gasteiger partial charge in [-0.1, -0.05) is 6.07 Å². The van der Waals surface area contributed by atoms with Crippen molar-refractivity contribution in [2.45, 2.75) is 12.5 Å². The van der Waals surface area contributed by atoms with Crippen molar-refractivity contribution in [3.05, 3.63) is 59.2 Å². The number of amides is 1. The van der Waals surface area contributed by atoms with Crippen LogP contribution in [0.1, 0.15) is 22.8 Å². The molecule has 0 saturated heterocycles. The monoisotopic (exact) mass is 335 g/mol. The van der Waals surface area contributed by atoms with Gasteiger partial charge in [0.05, 0.1) is 12.1 Å². The van der Waals surface area contributed by atoms with Gasteiger partial charge in [-0.25, -0.2) is 8.78 Å². The zero-order valence-corrected chi connectivity index (χ0v) is 12.8. The standard InChI is InChI=1S/C17H15F2NO4/c1-17(22,10-2-5-14-15(6-10)24-9-23-14)8-20-16(21)12-4-3-11(18)7-13(12)19/h2-7,22H,8-9H2,1H3,(H,20,21). The van der Waals surface area contributed by atoms with Gasteiger partial charge in [0, 0.05) is 6.07 Å². The van der Waals surface area contributed by atoms with Gasteiger partial charge in [0.15, 0.2) is 11.5 Å². The number of carbonyl (C=O) groups excluding carboxylic acids is 1. The van der Waals surface area contributed by atoms with Gasteiger partial charge >= 0.3 is 0 Å². The highest BCUT2D eigenvalue weighted by molar-refractivity contribution is 5.94. The number of nitrogens with one attached hydrogen (secondary N) is 1. The van der Waals surface area contributed by atoms with E-state index < -0.39 is 23.1 Å². The Kier molecular flexibility index (Phi) is 4.11. The summed E-state index contributed by atoms with van der Waals surface area (Å²) in [4.78, 5) is 12.0. The maximum absolute atomic E-state index is 13.6. The van der Waals surface area contributed by atoms with E-state index in [4.69, 9.17) is 9.47 Å². The van der Waals surface area contributed by atoms with Crippen molar-refractivity contribution in [2.75, 3.05) is 13.3 Å². The molecule has 0 saturated carbocycles. The first-order valence-corrected chi connectivity index (χ1v) is 7.22. The topological polar surface area (TPSA) is 67.8 Å². The molecule has 1 atom stereocenters. The van der Waals surface area contributed by atoms with E-state index in [-0.39, 0.29) is 18.9 Å². The summed E-state index contributed by atoms with van der Waals surface area (Å²) in [6.07, 6.45) is 0. The Morgan fingerprint density at radius 3 is 2.71 bits per heavy atom. The minimum atomic E-state index is -1.41. The summed E-state index contributed by atoms with van der Waals surface area (Å²) in [6, 6.07) is 7.60. The molecule has 1 amide bonds. The Bertz CT molecular complexity index is 792. The summed E-state index contributed by atoms with van der Waals surface area (Å²) in [5, 5.41) is 13.0. The molecule has 1 unspecified atom stereocenters. The van der Waals surface area contributed by atoms with Crippen LogP contribution < -0.4 is 14.8 Å². The van der Waals surface area contributed by atoms with Crippen molar-refractivity contribution in [3.63, 3.8) is 0 Å². The molecule has 1 aliphatic heterocycles. The molecule has 0 aromatic heterocycles. The van der Waals surface area contributed by atoms with Gasteiger partial charge in [-0.2, -0.15) is 0 Å². The third-order valence-corrected chi connectivity index (χ3v) is 3.76. The van der Waals surface area contributed by atoms with E-state index >= 15 is 0 Å².